The molecule has 26 heavy (non-hydrogen) atoms. The summed E-state index contributed by atoms with van der Waals surface area (Å²) in [5, 5.41) is 7.05. The van der Waals surface area contributed by atoms with Crippen LogP contribution in [0, 0.1) is 5.92 Å². The predicted octanol–water partition coefficient (Wildman–Crippen LogP) is 1.77. The molecule has 0 aliphatic carbocycles. The minimum absolute atomic E-state index is 0.749. The Bertz CT molecular complexity index is 396. The standard InChI is InChI=1S/C20H41N5O/c1-4-19-7-5-6-11-25(19)14-10-22-20(21-2)23-17-18-8-12-24(13-9-18)15-16-26-3/h18-19H,4-17H2,1-3H3,(H2,21,22,23). The molecule has 0 saturated carbocycles. The van der Waals surface area contributed by atoms with Gasteiger partial charge in [-0.15, -0.1) is 0 Å². The summed E-state index contributed by atoms with van der Waals surface area (Å²) in [6, 6.07) is 0.781. The number of nitrogens with one attached hydrogen (secondary N) is 2. The van der Waals surface area contributed by atoms with E-state index in [1.807, 2.05) is 7.05 Å². The lowest BCUT2D eigenvalue weighted by molar-refractivity contribution is 0.120. The van der Waals surface area contributed by atoms with Crippen LogP contribution in [-0.2, 0) is 4.74 Å². The van der Waals surface area contributed by atoms with Crippen molar-refractivity contribution in [2.24, 2.45) is 10.9 Å². The highest BCUT2D eigenvalue weighted by Gasteiger charge is 2.21. The van der Waals surface area contributed by atoms with Gasteiger partial charge in [-0.05, 0) is 57.7 Å². The molecule has 1 atom stereocenters. The Morgan fingerprint density at radius 3 is 2.58 bits per heavy atom. The van der Waals surface area contributed by atoms with Gasteiger partial charge in [0, 0.05) is 46.4 Å². The summed E-state index contributed by atoms with van der Waals surface area (Å²) in [7, 11) is 3.65. The number of likely N-dealkylation sites (tertiary alicyclic amines) is 2. The number of hydrogen-bond acceptors (Lipinski definition) is 4. The van der Waals surface area contributed by atoms with Crippen molar-refractivity contribution in [3.63, 3.8) is 0 Å². The molecule has 2 aliphatic heterocycles. The summed E-state index contributed by atoms with van der Waals surface area (Å²) in [5.74, 6) is 1.70. The summed E-state index contributed by atoms with van der Waals surface area (Å²) < 4.78 is 5.18. The van der Waals surface area contributed by atoms with Gasteiger partial charge in [0.25, 0.3) is 0 Å². The summed E-state index contributed by atoms with van der Waals surface area (Å²) >= 11 is 0. The van der Waals surface area contributed by atoms with Gasteiger partial charge in [-0.2, -0.15) is 0 Å². The normalized spacial score (nSPS) is 24.0. The van der Waals surface area contributed by atoms with E-state index in [9.17, 15) is 0 Å². The number of rotatable bonds is 9. The van der Waals surface area contributed by atoms with Gasteiger partial charge < -0.3 is 20.3 Å². The maximum absolute atomic E-state index is 5.18. The summed E-state index contributed by atoms with van der Waals surface area (Å²) in [5.41, 5.74) is 0. The molecular formula is C20H41N5O. The first kappa shape index (κ1) is 21.5. The fraction of sp³-hybridized carbons (Fsp3) is 0.950. The SMILES string of the molecule is CCC1CCCCN1CCNC(=NC)NCC1CCN(CCOC)CC1. The third kappa shape index (κ3) is 7.41. The van der Waals surface area contributed by atoms with Gasteiger partial charge in [-0.1, -0.05) is 13.3 Å². The van der Waals surface area contributed by atoms with Crippen LogP contribution in [0.3, 0.4) is 0 Å². The van der Waals surface area contributed by atoms with Crippen molar-refractivity contribution in [2.45, 2.75) is 51.5 Å². The van der Waals surface area contributed by atoms with E-state index in [4.69, 9.17) is 4.74 Å². The van der Waals surface area contributed by atoms with Crippen LogP contribution in [0.15, 0.2) is 4.99 Å². The van der Waals surface area contributed by atoms with E-state index in [0.717, 1.165) is 50.7 Å². The molecule has 0 aromatic rings. The van der Waals surface area contributed by atoms with Gasteiger partial charge >= 0.3 is 0 Å². The molecule has 2 heterocycles. The van der Waals surface area contributed by atoms with E-state index in [0.29, 0.717) is 0 Å². The van der Waals surface area contributed by atoms with Crippen molar-refractivity contribution >= 4 is 5.96 Å². The van der Waals surface area contributed by atoms with E-state index in [1.165, 1.54) is 58.2 Å². The van der Waals surface area contributed by atoms with Crippen LogP contribution in [0.5, 0.6) is 0 Å². The van der Waals surface area contributed by atoms with Gasteiger partial charge in [0.05, 0.1) is 6.61 Å². The summed E-state index contributed by atoms with van der Waals surface area (Å²) in [6.45, 7) is 11.0. The van der Waals surface area contributed by atoms with Crippen LogP contribution < -0.4 is 10.6 Å². The summed E-state index contributed by atoms with van der Waals surface area (Å²) in [6.07, 6.45) is 7.92. The van der Waals surface area contributed by atoms with Crippen molar-refractivity contribution in [1.29, 1.82) is 0 Å². The average molecular weight is 368 g/mol. The number of piperidine rings is 2. The van der Waals surface area contributed by atoms with Gasteiger partial charge in [0.15, 0.2) is 5.96 Å². The van der Waals surface area contributed by atoms with Gasteiger partial charge in [0.1, 0.15) is 0 Å². The summed E-state index contributed by atoms with van der Waals surface area (Å²) in [4.78, 5) is 9.56. The molecular weight excluding hydrogens is 326 g/mol. The number of ether oxygens (including phenoxy) is 1. The van der Waals surface area contributed by atoms with E-state index < -0.39 is 0 Å². The highest BCUT2D eigenvalue weighted by Crippen LogP contribution is 2.18. The zero-order valence-electron chi connectivity index (χ0n) is 17.3. The molecule has 2 fully saturated rings. The Kier molecular flexibility index (Phi) is 10.3. The first-order chi connectivity index (χ1) is 12.8. The zero-order chi connectivity index (χ0) is 18.6. The molecule has 0 radical (unpaired) electrons. The first-order valence-corrected chi connectivity index (χ1v) is 10.7. The second-order valence-electron chi connectivity index (χ2n) is 7.75. The molecule has 2 N–H and O–H groups in total. The quantitative estimate of drug-likeness (QED) is 0.481. The van der Waals surface area contributed by atoms with Crippen LogP contribution in [-0.4, -0.2) is 88.4 Å². The molecule has 0 amide bonds. The second kappa shape index (κ2) is 12.5. The van der Waals surface area contributed by atoms with E-state index in [2.05, 4.69) is 32.3 Å². The maximum Gasteiger partial charge on any atom is 0.191 e. The molecule has 2 saturated heterocycles. The Morgan fingerprint density at radius 2 is 1.88 bits per heavy atom. The molecule has 0 aromatic heterocycles. The topological polar surface area (TPSA) is 52.1 Å². The maximum atomic E-state index is 5.18. The first-order valence-electron chi connectivity index (χ1n) is 10.7. The minimum atomic E-state index is 0.749. The molecule has 6 heteroatoms. The van der Waals surface area contributed by atoms with Crippen LogP contribution in [0.25, 0.3) is 0 Å². The second-order valence-corrected chi connectivity index (χ2v) is 7.75. The smallest absolute Gasteiger partial charge is 0.191 e. The monoisotopic (exact) mass is 367 g/mol. The highest BCUT2D eigenvalue weighted by molar-refractivity contribution is 5.79. The number of hydrogen-bond donors (Lipinski definition) is 2. The number of methoxy groups -OCH3 is 1. The van der Waals surface area contributed by atoms with Gasteiger partial charge in [0.2, 0.25) is 0 Å². The van der Waals surface area contributed by atoms with Crippen molar-refractivity contribution < 1.29 is 4.74 Å². The minimum Gasteiger partial charge on any atom is -0.383 e. The van der Waals surface area contributed by atoms with E-state index in [1.54, 1.807) is 7.11 Å². The fourth-order valence-corrected chi connectivity index (χ4v) is 4.23. The Labute approximate surface area is 160 Å². The van der Waals surface area contributed by atoms with Gasteiger partial charge in [-0.3, -0.25) is 9.89 Å². The van der Waals surface area contributed by atoms with Crippen molar-refractivity contribution in [1.82, 2.24) is 20.4 Å². The number of nitrogens with zero attached hydrogens (tertiary/aromatic N) is 3. The number of guanidine groups is 1. The molecule has 2 aliphatic rings. The lowest BCUT2D eigenvalue weighted by atomic mass is 9.97. The third-order valence-electron chi connectivity index (χ3n) is 6.01. The molecule has 0 aromatic carbocycles. The van der Waals surface area contributed by atoms with Crippen molar-refractivity contribution in [2.75, 3.05) is 66.6 Å². The molecule has 152 valence electrons. The Hall–Kier alpha value is -0.850. The predicted molar refractivity (Wildman–Crippen MR) is 110 cm³/mol. The van der Waals surface area contributed by atoms with Gasteiger partial charge in [-0.25, -0.2) is 0 Å². The average Bonchev–Trinajstić information content (AvgIpc) is 2.70. The van der Waals surface area contributed by atoms with E-state index in [-0.39, 0.29) is 0 Å². The van der Waals surface area contributed by atoms with Crippen LogP contribution in [0.4, 0.5) is 0 Å². The molecule has 2 rings (SSSR count). The lowest BCUT2D eigenvalue weighted by Gasteiger charge is -2.35. The highest BCUT2D eigenvalue weighted by atomic mass is 16.5. The largest absolute Gasteiger partial charge is 0.383 e. The number of aliphatic imine (C=N–C) groups is 1. The molecule has 1 unspecified atom stereocenters. The van der Waals surface area contributed by atoms with E-state index >= 15 is 0 Å². The van der Waals surface area contributed by atoms with Crippen LogP contribution in [0.2, 0.25) is 0 Å². The molecule has 6 nitrogen and oxygen atoms in total. The van der Waals surface area contributed by atoms with Crippen LogP contribution in [0.1, 0.15) is 45.4 Å². The van der Waals surface area contributed by atoms with Crippen molar-refractivity contribution in [3.05, 3.63) is 0 Å². The molecule has 0 spiro atoms. The Morgan fingerprint density at radius 1 is 1.08 bits per heavy atom. The molecule has 0 bridgehead atoms. The van der Waals surface area contributed by atoms with Crippen molar-refractivity contribution in [3.8, 4) is 0 Å². The Balaban J connectivity index is 1.59. The van der Waals surface area contributed by atoms with Crippen LogP contribution >= 0.6 is 0 Å². The fourth-order valence-electron chi connectivity index (χ4n) is 4.23. The lowest BCUT2D eigenvalue weighted by Crippen LogP contribution is -2.47. The zero-order valence-corrected chi connectivity index (χ0v) is 17.3. The third-order valence-corrected chi connectivity index (χ3v) is 6.01.